The van der Waals surface area contributed by atoms with Crippen LogP contribution in [0.25, 0.3) is 0 Å². The fourth-order valence-electron chi connectivity index (χ4n) is 3.22. The highest BCUT2D eigenvalue weighted by atomic mass is 35.5. The average molecular weight is 403 g/mol. The van der Waals surface area contributed by atoms with Crippen LogP contribution in [0.3, 0.4) is 0 Å². The van der Waals surface area contributed by atoms with Gasteiger partial charge in [-0.15, -0.1) is 24.8 Å². The predicted octanol–water partition coefficient (Wildman–Crippen LogP) is 1.86. The molecule has 0 bridgehead atoms. The van der Waals surface area contributed by atoms with Crippen molar-refractivity contribution < 1.29 is 0 Å². The summed E-state index contributed by atoms with van der Waals surface area (Å²) in [4.78, 5) is 18.7. The van der Waals surface area contributed by atoms with E-state index in [1.165, 1.54) is 0 Å². The van der Waals surface area contributed by atoms with E-state index >= 15 is 0 Å². The Hall–Kier alpha value is -1.57. The van der Waals surface area contributed by atoms with Crippen molar-refractivity contribution in [1.82, 2.24) is 19.3 Å². The van der Waals surface area contributed by atoms with Gasteiger partial charge in [0.2, 0.25) is 0 Å². The van der Waals surface area contributed by atoms with Crippen LogP contribution in [0.4, 0.5) is 5.69 Å². The molecule has 1 fully saturated rings. The maximum Gasteiger partial charge on any atom is 0.268 e. The minimum Gasteiger partial charge on any atom is -0.370 e. The fraction of sp³-hybridized carbons (Fsp3) is 0.588. The van der Waals surface area contributed by atoms with Crippen LogP contribution >= 0.6 is 24.8 Å². The van der Waals surface area contributed by atoms with E-state index in [-0.39, 0.29) is 30.4 Å². The van der Waals surface area contributed by atoms with Crippen LogP contribution in [-0.2, 0) is 13.1 Å². The Kier molecular flexibility index (Phi) is 9.12. The Morgan fingerprint density at radius 2 is 1.96 bits per heavy atom. The molecule has 2 aromatic heterocycles. The van der Waals surface area contributed by atoms with E-state index in [0.717, 1.165) is 57.0 Å². The van der Waals surface area contributed by atoms with Gasteiger partial charge in [0.25, 0.3) is 5.56 Å². The zero-order valence-electron chi connectivity index (χ0n) is 15.1. The lowest BCUT2D eigenvalue weighted by atomic mass is 9.97. The molecule has 146 valence electrons. The van der Waals surface area contributed by atoms with Crippen LogP contribution in [0.5, 0.6) is 0 Å². The van der Waals surface area contributed by atoms with Crippen molar-refractivity contribution in [2.75, 3.05) is 24.5 Å². The molecule has 0 saturated carbocycles. The Morgan fingerprint density at radius 3 is 2.54 bits per heavy atom. The molecular formula is C17H28Cl2N6O. The molecule has 1 saturated heterocycles. The molecule has 2 N–H and O–H groups in total. The monoisotopic (exact) mass is 402 g/mol. The average Bonchev–Trinajstić information content (AvgIpc) is 3.01. The molecule has 1 aliphatic heterocycles. The number of hydrogen-bond acceptors (Lipinski definition) is 5. The van der Waals surface area contributed by atoms with Gasteiger partial charge in [-0.25, -0.2) is 9.67 Å². The second kappa shape index (κ2) is 10.5. The van der Waals surface area contributed by atoms with Gasteiger partial charge in [0.05, 0.1) is 11.9 Å². The zero-order valence-corrected chi connectivity index (χ0v) is 16.7. The molecule has 0 aromatic carbocycles. The lowest BCUT2D eigenvalue weighted by molar-refractivity contribution is 0.413. The summed E-state index contributed by atoms with van der Waals surface area (Å²) >= 11 is 0. The van der Waals surface area contributed by atoms with E-state index in [4.69, 9.17) is 5.73 Å². The first-order valence-electron chi connectivity index (χ1n) is 8.67. The fourth-order valence-corrected chi connectivity index (χ4v) is 3.22. The first-order valence-corrected chi connectivity index (χ1v) is 8.67. The largest absolute Gasteiger partial charge is 0.370 e. The number of imidazole rings is 1. The maximum atomic E-state index is 12.3. The molecule has 0 atom stereocenters. The number of nitrogens with two attached hydrogens (primary N) is 1. The summed E-state index contributed by atoms with van der Waals surface area (Å²) in [6.07, 6.45) is 8.59. The van der Waals surface area contributed by atoms with Crippen molar-refractivity contribution in [3.05, 3.63) is 40.8 Å². The molecule has 0 unspecified atom stereocenters. The highest BCUT2D eigenvalue weighted by molar-refractivity contribution is 5.85. The SMILES string of the molecule is Cc1nccn1CCCn1ncc(N2CCC(CN)CC2)cc1=O.Cl.Cl. The van der Waals surface area contributed by atoms with Crippen molar-refractivity contribution in [3.8, 4) is 0 Å². The Labute approximate surface area is 166 Å². The third-order valence-electron chi connectivity index (χ3n) is 4.86. The molecule has 0 spiro atoms. The normalized spacial score (nSPS) is 14.6. The topological polar surface area (TPSA) is 82.0 Å². The second-order valence-corrected chi connectivity index (χ2v) is 6.46. The quantitative estimate of drug-likeness (QED) is 0.796. The molecule has 0 radical (unpaired) electrons. The summed E-state index contributed by atoms with van der Waals surface area (Å²) in [7, 11) is 0. The molecular weight excluding hydrogens is 375 g/mol. The lowest BCUT2D eigenvalue weighted by Crippen LogP contribution is -2.37. The summed E-state index contributed by atoms with van der Waals surface area (Å²) in [5, 5.41) is 4.35. The number of piperidine rings is 1. The van der Waals surface area contributed by atoms with Crippen molar-refractivity contribution in [3.63, 3.8) is 0 Å². The van der Waals surface area contributed by atoms with Gasteiger partial charge in [-0.3, -0.25) is 4.79 Å². The number of nitrogens with zero attached hydrogens (tertiary/aromatic N) is 5. The summed E-state index contributed by atoms with van der Waals surface area (Å²) in [5.41, 5.74) is 6.63. The third-order valence-corrected chi connectivity index (χ3v) is 4.86. The molecule has 3 rings (SSSR count). The van der Waals surface area contributed by atoms with Crippen molar-refractivity contribution in [2.24, 2.45) is 11.7 Å². The Morgan fingerprint density at radius 1 is 1.23 bits per heavy atom. The molecule has 3 heterocycles. The van der Waals surface area contributed by atoms with E-state index in [1.54, 1.807) is 16.9 Å². The van der Waals surface area contributed by atoms with Gasteiger partial charge in [0.15, 0.2) is 0 Å². The van der Waals surface area contributed by atoms with E-state index in [1.807, 2.05) is 19.3 Å². The lowest BCUT2D eigenvalue weighted by Gasteiger charge is -2.32. The Balaban J connectivity index is 0.00000169. The van der Waals surface area contributed by atoms with Crippen LogP contribution in [0.1, 0.15) is 25.1 Å². The van der Waals surface area contributed by atoms with Gasteiger partial charge < -0.3 is 15.2 Å². The zero-order chi connectivity index (χ0) is 16.9. The minimum absolute atomic E-state index is 0. The van der Waals surface area contributed by atoms with Crippen molar-refractivity contribution >= 4 is 30.5 Å². The number of rotatable bonds is 6. The van der Waals surface area contributed by atoms with Crippen LogP contribution in [0.2, 0.25) is 0 Å². The molecule has 1 aliphatic rings. The van der Waals surface area contributed by atoms with E-state index in [2.05, 4.69) is 19.5 Å². The van der Waals surface area contributed by atoms with Crippen molar-refractivity contribution in [1.29, 1.82) is 0 Å². The van der Waals surface area contributed by atoms with Gasteiger partial charge in [0, 0.05) is 44.6 Å². The number of aryl methyl sites for hydroxylation is 3. The van der Waals surface area contributed by atoms with E-state index < -0.39 is 0 Å². The van der Waals surface area contributed by atoms with Gasteiger partial charge in [-0.1, -0.05) is 0 Å². The van der Waals surface area contributed by atoms with Gasteiger partial charge >= 0.3 is 0 Å². The predicted molar refractivity (Wildman–Crippen MR) is 109 cm³/mol. The molecule has 2 aromatic rings. The van der Waals surface area contributed by atoms with Gasteiger partial charge in [0.1, 0.15) is 5.82 Å². The Bertz CT molecular complexity index is 724. The van der Waals surface area contributed by atoms with Crippen molar-refractivity contribution in [2.45, 2.75) is 39.3 Å². The number of halogens is 2. The first-order chi connectivity index (χ1) is 11.7. The highest BCUT2D eigenvalue weighted by Crippen LogP contribution is 2.20. The first kappa shape index (κ1) is 22.5. The molecule has 9 heteroatoms. The number of aromatic nitrogens is 4. The van der Waals surface area contributed by atoms with Crippen LogP contribution in [0, 0.1) is 12.8 Å². The highest BCUT2D eigenvalue weighted by Gasteiger charge is 2.18. The summed E-state index contributed by atoms with van der Waals surface area (Å²) in [6.45, 7) is 6.09. The van der Waals surface area contributed by atoms with E-state index in [0.29, 0.717) is 12.5 Å². The second-order valence-electron chi connectivity index (χ2n) is 6.46. The van der Waals surface area contributed by atoms with E-state index in [9.17, 15) is 4.79 Å². The number of hydrogen-bond donors (Lipinski definition) is 1. The molecule has 7 nitrogen and oxygen atoms in total. The summed E-state index contributed by atoms with van der Waals surface area (Å²) in [5.74, 6) is 1.60. The molecule has 26 heavy (non-hydrogen) atoms. The third kappa shape index (κ3) is 5.46. The van der Waals surface area contributed by atoms with Gasteiger partial charge in [-0.2, -0.15) is 5.10 Å². The van der Waals surface area contributed by atoms with Crippen LogP contribution < -0.4 is 16.2 Å². The summed E-state index contributed by atoms with van der Waals surface area (Å²) < 4.78 is 3.63. The number of anilines is 1. The summed E-state index contributed by atoms with van der Waals surface area (Å²) in [6, 6.07) is 1.71. The smallest absolute Gasteiger partial charge is 0.268 e. The minimum atomic E-state index is -0.0317. The van der Waals surface area contributed by atoms with Crippen LogP contribution in [0.15, 0.2) is 29.5 Å². The van der Waals surface area contributed by atoms with Crippen LogP contribution in [-0.4, -0.2) is 39.0 Å². The molecule has 0 amide bonds. The maximum absolute atomic E-state index is 12.3. The van der Waals surface area contributed by atoms with Gasteiger partial charge in [-0.05, 0) is 38.6 Å². The molecule has 0 aliphatic carbocycles. The standard InChI is InChI=1S/C17H26N6O.2ClH/c1-14-19-5-10-21(14)6-2-7-23-17(24)11-16(13-20-23)22-8-3-15(12-18)4-9-22;;/h5,10-11,13,15H,2-4,6-9,12,18H2,1H3;2*1H.